The first-order valence-electron chi connectivity index (χ1n) is 5.71. The van der Waals surface area contributed by atoms with Crippen molar-refractivity contribution in [3.05, 3.63) is 65.5 Å². The fourth-order valence-electron chi connectivity index (χ4n) is 2.27. The van der Waals surface area contributed by atoms with Crippen LogP contribution in [-0.2, 0) is 7.05 Å². The van der Waals surface area contributed by atoms with E-state index in [0.29, 0.717) is 16.7 Å². The minimum absolute atomic E-state index is 0.0711. The molecule has 88 valence electrons. The quantitative estimate of drug-likeness (QED) is 0.773. The highest BCUT2D eigenvalue weighted by molar-refractivity contribution is 6.38. The first-order chi connectivity index (χ1) is 8.68. The van der Waals surface area contributed by atoms with Crippen LogP contribution in [0.2, 0.25) is 0 Å². The number of ketones is 1. The lowest BCUT2D eigenvalue weighted by atomic mass is 10.0. The molecule has 0 radical (unpaired) electrons. The third-order valence-electron chi connectivity index (χ3n) is 3.12. The summed E-state index contributed by atoms with van der Waals surface area (Å²) in [5.74, 6) is -0.0453. The fourth-order valence-corrected chi connectivity index (χ4v) is 2.27. The number of carbonyl (C=O) groups excluding carboxylic acids is 1. The number of carbonyl (C=O) groups is 1. The van der Waals surface area contributed by atoms with Crippen LogP contribution >= 0.6 is 0 Å². The smallest absolute Gasteiger partial charge is 0.198 e. The van der Waals surface area contributed by atoms with Crippen molar-refractivity contribution >= 4 is 17.1 Å². The molecule has 0 atom stereocenters. The summed E-state index contributed by atoms with van der Waals surface area (Å²) in [4.78, 5) is 12.3. The number of benzene rings is 1. The number of pyridine rings is 1. The summed E-state index contributed by atoms with van der Waals surface area (Å²) in [7, 11) is 1.88. The van der Waals surface area contributed by atoms with Crippen LogP contribution in [-0.4, -0.2) is 10.9 Å². The second-order valence-electron chi connectivity index (χ2n) is 4.36. The zero-order valence-corrected chi connectivity index (χ0v) is 9.92. The Morgan fingerprint density at radius 1 is 1.06 bits per heavy atom. The average molecular weight is 238 g/mol. The van der Waals surface area contributed by atoms with Crippen LogP contribution in [0, 0.1) is 0 Å². The molecule has 0 unspecified atom stereocenters. The average Bonchev–Trinajstić information content (AvgIpc) is 2.63. The molecule has 0 fully saturated rings. The number of hydrogen-bond donors (Lipinski definition) is 1. The molecule has 0 amide bonds. The summed E-state index contributed by atoms with van der Waals surface area (Å²) >= 11 is 0. The maximum absolute atomic E-state index is 12.3. The number of rotatable bonds is 1. The molecule has 2 aromatic rings. The number of Topliss-reactive ketones (excluding diaryl/α,β-unsaturated/α-hetero) is 1. The maximum Gasteiger partial charge on any atom is 0.198 e. The van der Waals surface area contributed by atoms with Gasteiger partial charge in [0.2, 0.25) is 0 Å². The monoisotopic (exact) mass is 238 g/mol. The molecule has 0 spiro atoms. The lowest BCUT2D eigenvalue weighted by Crippen LogP contribution is -2.27. The lowest BCUT2D eigenvalue weighted by molar-refractivity contribution is -0.671. The molecule has 1 aliphatic rings. The van der Waals surface area contributed by atoms with E-state index in [4.69, 9.17) is 0 Å². The van der Waals surface area contributed by atoms with Gasteiger partial charge in [-0.2, -0.15) is 0 Å². The van der Waals surface area contributed by atoms with Gasteiger partial charge in [0.1, 0.15) is 12.8 Å². The van der Waals surface area contributed by atoms with E-state index in [2.05, 4.69) is 0 Å². The minimum atomic E-state index is -0.116. The van der Waals surface area contributed by atoms with Crippen molar-refractivity contribution in [3.63, 3.8) is 0 Å². The maximum atomic E-state index is 12.3. The molecule has 3 heteroatoms. The van der Waals surface area contributed by atoms with Crippen molar-refractivity contribution < 1.29 is 14.5 Å². The third kappa shape index (κ3) is 1.44. The molecule has 1 aliphatic carbocycles. The van der Waals surface area contributed by atoms with E-state index in [1.165, 1.54) is 0 Å². The molecule has 3 nitrogen and oxygen atoms in total. The van der Waals surface area contributed by atoms with Crippen LogP contribution < -0.4 is 4.57 Å². The number of hydrogen-bond acceptors (Lipinski definition) is 2. The molecule has 0 bridgehead atoms. The van der Waals surface area contributed by atoms with Gasteiger partial charge >= 0.3 is 0 Å². The number of fused-ring (bicyclic) bond motifs is 1. The molecule has 1 heterocycles. The third-order valence-corrected chi connectivity index (χ3v) is 3.12. The largest absolute Gasteiger partial charge is 0.506 e. The normalized spacial score (nSPS) is 13.9. The summed E-state index contributed by atoms with van der Waals surface area (Å²) in [6.45, 7) is 0. The Balaban J connectivity index is 2.21. The summed E-state index contributed by atoms with van der Waals surface area (Å²) in [6, 6.07) is 10.8. The molecule has 1 aromatic heterocycles. The number of allylic oxidation sites excluding steroid dienone is 1. The van der Waals surface area contributed by atoms with Gasteiger partial charge in [-0.1, -0.05) is 24.3 Å². The topological polar surface area (TPSA) is 41.2 Å². The number of aromatic nitrogens is 1. The molecule has 3 rings (SSSR count). The lowest BCUT2D eigenvalue weighted by Gasteiger charge is -1.99. The second kappa shape index (κ2) is 3.81. The molecule has 18 heavy (non-hydrogen) atoms. The minimum Gasteiger partial charge on any atom is -0.506 e. The van der Waals surface area contributed by atoms with Gasteiger partial charge in [0.25, 0.3) is 0 Å². The highest BCUT2D eigenvalue weighted by Gasteiger charge is 2.31. The highest BCUT2D eigenvalue weighted by atomic mass is 16.3. The predicted molar refractivity (Wildman–Crippen MR) is 67.8 cm³/mol. The van der Waals surface area contributed by atoms with Gasteiger partial charge in [-0.25, -0.2) is 4.57 Å². The van der Waals surface area contributed by atoms with E-state index >= 15 is 0 Å². The number of aliphatic hydroxyl groups is 1. The molecule has 0 saturated carbocycles. The van der Waals surface area contributed by atoms with Crippen molar-refractivity contribution in [1.29, 1.82) is 0 Å². The Labute approximate surface area is 105 Å². The fraction of sp³-hybridized carbons (Fsp3) is 0.0667. The number of aliphatic hydroxyl groups excluding tert-OH is 1. The van der Waals surface area contributed by atoms with Gasteiger partial charge in [0.05, 0.1) is 11.1 Å². The summed E-state index contributed by atoms with van der Waals surface area (Å²) < 4.78 is 1.85. The van der Waals surface area contributed by atoms with Crippen LogP contribution in [0.15, 0.2) is 48.8 Å². The Bertz CT molecular complexity index is 686. The molecule has 0 aliphatic heterocycles. The molecule has 0 saturated heterocycles. The Hall–Kier alpha value is -2.42. The van der Waals surface area contributed by atoms with E-state index in [1.54, 1.807) is 18.2 Å². The number of nitrogens with zero attached hydrogens (tertiary/aromatic N) is 1. The summed E-state index contributed by atoms with van der Waals surface area (Å²) in [6.07, 6.45) is 3.71. The predicted octanol–water partition coefficient (Wildman–Crippen LogP) is 2.13. The molecular weight excluding hydrogens is 226 g/mol. The second-order valence-corrected chi connectivity index (χ2v) is 4.36. The van der Waals surface area contributed by atoms with E-state index in [1.807, 2.05) is 42.2 Å². The van der Waals surface area contributed by atoms with Crippen LogP contribution in [0.5, 0.6) is 0 Å². The summed E-state index contributed by atoms with van der Waals surface area (Å²) in [5, 5.41) is 10.2. The first-order valence-corrected chi connectivity index (χ1v) is 5.71. The van der Waals surface area contributed by atoms with E-state index in [-0.39, 0.29) is 11.5 Å². The van der Waals surface area contributed by atoms with E-state index in [9.17, 15) is 9.90 Å². The van der Waals surface area contributed by atoms with Crippen LogP contribution in [0.1, 0.15) is 21.5 Å². The van der Waals surface area contributed by atoms with Crippen molar-refractivity contribution in [1.82, 2.24) is 0 Å². The van der Waals surface area contributed by atoms with E-state index in [0.717, 1.165) is 5.56 Å². The first kappa shape index (κ1) is 10.7. The van der Waals surface area contributed by atoms with E-state index < -0.39 is 0 Å². The highest BCUT2D eigenvalue weighted by Crippen LogP contribution is 2.35. The standard InChI is InChI=1S/C15H11NO2/c1-16-8-4-5-10(9-16)13-14(17)11-6-2-3-7-12(11)15(13)18/h2-9H,1H3/p+1. The zero-order valence-electron chi connectivity index (χ0n) is 9.92. The Kier molecular flexibility index (Phi) is 2.27. The molecule has 1 aromatic carbocycles. The van der Waals surface area contributed by atoms with Crippen LogP contribution in [0.25, 0.3) is 11.3 Å². The van der Waals surface area contributed by atoms with Crippen LogP contribution in [0.3, 0.4) is 0 Å². The SMILES string of the molecule is C[n+]1cccc(C2=C(O)c3ccccc3C2=O)c1. The molecule has 1 N–H and O–H groups in total. The molecular formula is C15H12NO2+. The Morgan fingerprint density at radius 2 is 1.78 bits per heavy atom. The van der Waals surface area contributed by atoms with Gasteiger partial charge in [-0.15, -0.1) is 0 Å². The summed E-state index contributed by atoms with van der Waals surface area (Å²) in [5.41, 5.74) is 2.30. The van der Waals surface area contributed by atoms with Crippen molar-refractivity contribution in [3.8, 4) is 0 Å². The van der Waals surface area contributed by atoms with Gasteiger partial charge in [0, 0.05) is 17.2 Å². The zero-order chi connectivity index (χ0) is 12.7. The van der Waals surface area contributed by atoms with Gasteiger partial charge in [0.15, 0.2) is 18.2 Å². The van der Waals surface area contributed by atoms with Crippen LogP contribution in [0.4, 0.5) is 0 Å². The van der Waals surface area contributed by atoms with Crippen molar-refractivity contribution in [2.75, 3.05) is 0 Å². The van der Waals surface area contributed by atoms with Crippen molar-refractivity contribution in [2.45, 2.75) is 0 Å². The van der Waals surface area contributed by atoms with Crippen molar-refractivity contribution in [2.24, 2.45) is 7.05 Å². The number of aryl methyl sites for hydroxylation is 1. The van der Waals surface area contributed by atoms with Gasteiger partial charge in [-0.3, -0.25) is 4.79 Å². The van der Waals surface area contributed by atoms with Gasteiger partial charge < -0.3 is 5.11 Å². The van der Waals surface area contributed by atoms with Gasteiger partial charge in [-0.05, 0) is 6.07 Å². The Morgan fingerprint density at radius 3 is 2.44 bits per heavy atom.